The van der Waals surface area contributed by atoms with E-state index < -0.39 is 0 Å². The number of anilines is 1. The molecule has 3 aromatic carbocycles. The topological polar surface area (TPSA) is 46.9 Å². The fraction of sp³-hybridized carbons (Fsp3) is 0.100. The molecule has 0 atom stereocenters. The highest BCUT2D eigenvalue weighted by Crippen LogP contribution is 2.19. The number of benzene rings is 3. The highest BCUT2D eigenvalue weighted by atomic mass is 16.1. The monoisotopic (exact) mass is 315 g/mol. The maximum absolute atomic E-state index is 12.2. The van der Waals surface area contributed by atoms with Crippen molar-refractivity contribution in [3.05, 3.63) is 73.1 Å². The number of imidazole rings is 1. The molecule has 4 nitrogen and oxygen atoms in total. The van der Waals surface area contributed by atoms with E-state index in [2.05, 4.69) is 16.4 Å². The van der Waals surface area contributed by atoms with E-state index in [1.807, 2.05) is 65.2 Å². The van der Waals surface area contributed by atoms with E-state index in [0.29, 0.717) is 13.0 Å². The van der Waals surface area contributed by atoms with Crippen LogP contribution < -0.4 is 5.32 Å². The molecule has 4 aromatic rings. The third kappa shape index (κ3) is 2.86. The van der Waals surface area contributed by atoms with E-state index in [-0.39, 0.29) is 5.91 Å². The lowest BCUT2D eigenvalue weighted by atomic mass is 10.1. The van der Waals surface area contributed by atoms with Gasteiger partial charge in [-0.3, -0.25) is 4.79 Å². The van der Waals surface area contributed by atoms with Crippen LogP contribution in [0.5, 0.6) is 0 Å². The lowest BCUT2D eigenvalue weighted by molar-refractivity contribution is -0.116. The predicted octanol–water partition coefficient (Wildman–Crippen LogP) is 4.22. The van der Waals surface area contributed by atoms with Gasteiger partial charge in [0.15, 0.2) is 0 Å². The average molecular weight is 315 g/mol. The van der Waals surface area contributed by atoms with Crippen molar-refractivity contribution in [1.29, 1.82) is 0 Å². The van der Waals surface area contributed by atoms with Crippen molar-refractivity contribution in [3.63, 3.8) is 0 Å². The minimum atomic E-state index is 0.00284. The van der Waals surface area contributed by atoms with Gasteiger partial charge in [0.05, 0.1) is 17.4 Å². The number of hydrogen-bond acceptors (Lipinski definition) is 2. The predicted molar refractivity (Wildman–Crippen MR) is 96.9 cm³/mol. The van der Waals surface area contributed by atoms with Gasteiger partial charge in [-0.25, -0.2) is 4.98 Å². The van der Waals surface area contributed by atoms with Gasteiger partial charge >= 0.3 is 0 Å². The van der Waals surface area contributed by atoms with E-state index in [0.717, 1.165) is 22.1 Å². The molecular formula is C20H17N3O. The van der Waals surface area contributed by atoms with Crippen molar-refractivity contribution in [1.82, 2.24) is 9.55 Å². The van der Waals surface area contributed by atoms with Crippen molar-refractivity contribution in [2.45, 2.75) is 13.0 Å². The van der Waals surface area contributed by atoms with Gasteiger partial charge in [-0.05, 0) is 35.0 Å². The number of hydrogen-bond donors (Lipinski definition) is 1. The molecule has 4 heteroatoms. The summed E-state index contributed by atoms with van der Waals surface area (Å²) in [6.07, 6.45) is 2.20. The van der Waals surface area contributed by atoms with Crippen molar-refractivity contribution >= 4 is 33.4 Å². The van der Waals surface area contributed by atoms with Crippen molar-refractivity contribution < 1.29 is 4.79 Å². The first-order valence-corrected chi connectivity index (χ1v) is 7.98. The van der Waals surface area contributed by atoms with Crippen LogP contribution in [0, 0.1) is 0 Å². The molecule has 4 rings (SSSR count). The zero-order chi connectivity index (χ0) is 16.4. The number of nitrogens with one attached hydrogen (secondary N) is 1. The zero-order valence-electron chi connectivity index (χ0n) is 13.1. The highest BCUT2D eigenvalue weighted by Gasteiger charge is 2.06. The number of para-hydroxylation sites is 2. The Morgan fingerprint density at radius 3 is 2.67 bits per heavy atom. The normalized spacial score (nSPS) is 11.0. The number of amides is 1. The summed E-state index contributed by atoms with van der Waals surface area (Å²) in [5, 5.41) is 5.26. The summed E-state index contributed by atoms with van der Waals surface area (Å²) in [4.78, 5) is 16.6. The Labute approximate surface area is 139 Å². The third-order valence-electron chi connectivity index (χ3n) is 4.14. The van der Waals surface area contributed by atoms with Gasteiger partial charge in [-0.15, -0.1) is 0 Å². The molecule has 0 unspecified atom stereocenters. The molecule has 118 valence electrons. The van der Waals surface area contributed by atoms with E-state index in [1.165, 1.54) is 5.39 Å². The van der Waals surface area contributed by atoms with Crippen molar-refractivity contribution in [3.8, 4) is 0 Å². The summed E-state index contributed by atoms with van der Waals surface area (Å²) in [5.41, 5.74) is 2.83. The van der Waals surface area contributed by atoms with Gasteiger partial charge in [-0.1, -0.05) is 42.5 Å². The van der Waals surface area contributed by atoms with Crippen LogP contribution in [0.3, 0.4) is 0 Å². The molecule has 0 bridgehead atoms. The summed E-state index contributed by atoms with van der Waals surface area (Å²) >= 11 is 0. The van der Waals surface area contributed by atoms with E-state index in [4.69, 9.17) is 0 Å². The molecule has 0 spiro atoms. The van der Waals surface area contributed by atoms with Crippen LogP contribution in [-0.2, 0) is 11.3 Å². The molecule has 0 aliphatic rings. The van der Waals surface area contributed by atoms with Gasteiger partial charge < -0.3 is 9.88 Å². The Morgan fingerprint density at radius 2 is 1.75 bits per heavy atom. The lowest BCUT2D eigenvalue weighted by Crippen LogP contribution is -2.14. The molecule has 1 amide bonds. The summed E-state index contributed by atoms with van der Waals surface area (Å²) in [5.74, 6) is 0.00284. The van der Waals surface area contributed by atoms with Crippen molar-refractivity contribution in [2.24, 2.45) is 0 Å². The van der Waals surface area contributed by atoms with Crippen LogP contribution in [0.2, 0.25) is 0 Å². The van der Waals surface area contributed by atoms with Gasteiger partial charge in [0.2, 0.25) is 5.91 Å². The molecule has 0 radical (unpaired) electrons. The SMILES string of the molecule is O=C(CCn1cnc2ccccc21)Nc1ccc2ccccc2c1. The number of aromatic nitrogens is 2. The Bertz CT molecular complexity index is 1020. The second kappa shape index (κ2) is 6.16. The lowest BCUT2D eigenvalue weighted by Gasteiger charge is -2.08. The number of aryl methyl sites for hydroxylation is 1. The van der Waals surface area contributed by atoms with Crippen LogP contribution in [0.1, 0.15) is 6.42 Å². The van der Waals surface area contributed by atoms with E-state index in [9.17, 15) is 4.79 Å². The Morgan fingerprint density at radius 1 is 0.958 bits per heavy atom. The van der Waals surface area contributed by atoms with E-state index >= 15 is 0 Å². The largest absolute Gasteiger partial charge is 0.330 e. The first kappa shape index (κ1) is 14.5. The molecule has 0 aliphatic heterocycles. The molecule has 0 aliphatic carbocycles. The molecule has 0 saturated heterocycles. The Hall–Kier alpha value is -3.14. The minimum Gasteiger partial charge on any atom is -0.330 e. The molecule has 1 heterocycles. The van der Waals surface area contributed by atoms with Crippen LogP contribution in [0.25, 0.3) is 21.8 Å². The molecule has 1 aromatic heterocycles. The van der Waals surface area contributed by atoms with Crippen LogP contribution in [0.4, 0.5) is 5.69 Å². The average Bonchev–Trinajstić information content (AvgIpc) is 3.03. The van der Waals surface area contributed by atoms with Gasteiger partial charge in [0.25, 0.3) is 0 Å². The van der Waals surface area contributed by atoms with E-state index in [1.54, 1.807) is 6.33 Å². The number of rotatable bonds is 4. The van der Waals surface area contributed by atoms with Gasteiger partial charge in [-0.2, -0.15) is 0 Å². The van der Waals surface area contributed by atoms with Crippen LogP contribution in [-0.4, -0.2) is 15.5 Å². The third-order valence-corrected chi connectivity index (χ3v) is 4.14. The second-order valence-electron chi connectivity index (χ2n) is 5.79. The number of carbonyl (C=O) groups is 1. The quantitative estimate of drug-likeness (QED) is 0.613. The fourth-order valence-electron chi connectivity index (χ4n) is 2.90. The first-order chi connectivity index (χ1) is 11.8. The summed E-state index contributed by atoms with van der Waals surface area (Å²) in [6, 6.07) is 22.0. The number of fused-ring (bicyclic) bond motifs is 2. The maximum atomic E-state index is 12.2. The van der Waals surface area contributed by atoms with Gasteiger partial charge in [0.1, 0.15) is 0 Å². The summed E-state index contributed by atoms with van der Waals surface area (Å²) in [6.45, 7) is 0.611. The standard InChI is InChI=1S/C20H17N3O/c24-20(11-12-23-14-21-18-7-3-4-8-19(18)23)22-17-10-9-15-5-1-2-6-16(15)13-17/h1-10,13-14H,11-12H2,(H,22,24). The van der Waals surface area contributed by atoms with Crippen LogP contribution >= 0.6 is 0 Å². The molecule has 0 fully saturated rings. The molecule has 1 N–H and O–H groups in total. The molecule has 0 saturated carbocycles. The summed E-state index contributed by atoms with van der Waals surface area (Å²) in [7, 11) is 0. The smallest absolute Gasteiger partial charge is 0.226 e. The van der Waals surface area contributed by atoms with Gasteiger partial charge in [0, 0.05) is 18.7 Å². The highest BCUT2D eigenvalue weighted by molar-refractivity contribution is 5.94. The Balaban J connectivity index is 1.44. The number of nitrogens with zero attached hydrogens (tertiary/aromatic N) is 2. The zero-order valence-corrected chi connectivity index (χ0v) is 13.1. The Kier molecular flexibility index (Phi) is 3.71. The van der Waals surface area contributed by atoms with Crippen molar-refractivity contribution in [2.75, 3.05) is 5.32 Å². The van der Waals surface area contributed by atoms with Crippen LogP contribution in [0.15, 0.2) is 73.1 Å². The fourth-order valence-corrected chi connectivity index (χ4v) is 2.90. The minimum absolute atomic E-state index is 0.00284. The first-order valence-electron chi connectivity index (χ1n) is 7.98. The maximum Gasteiger partial charge on any atom is 0.226 e. The molecular weight excluding hydrogens is 298 g/mol. The second-order valence-corrected chi connectivity index (χ2v) is 5.79. The summed E-state index contributed by atoms with van der Waals surface area (Å²) < 4.78 is 2.01. The molecule has 24 heavy (non-hydrogen) atoms. The number of carbonyl (C=O) groups excluding carboxylic acids is 1.